The summed E-state index contributed by atoms with van der Waals surface area (Å²) in [5.74, 6) is -0.350. The number of hydrogen-bond donors (Lipinski definition) is 1. The average molecular weight is 467 g/mol. The minimum Gasteiger partial charge on any atom is -0.457 e. The van der Waals surface area contributed by atoms with Gasteiger partial charge in [0.2, 0.25) is 0 Å². The number of piperidine rings is 1. The first-order chi connectivity index (χ1) is 16.4. The van der Waals surface area contributed by atoms with E-state index in [2.05, 4.69) is 5.32 Å². The molecule has 1 amide bonds. The first kappa shape index (κ1) is 23.3. The maximum Gasteiger partial charge on any atom is 0.269 e. The van der Waals surface area contributed by atoms with Crippen molar-refractivity contribution in [3.05, 3.63) is 99.6 Å². The summed E-state index contributed by atoms with van der Waals surface area (Å²) in [5, 5.41) is 13.7. The molecule has 1 aliphatic heterocycles. The first-order valence-electron chi connectivity index (χ1n) is 10.9. The van der Waals surface area contributed by atoms with Crippen LogP contribution in [-0.4, -0.2) is 34.9 Å². The fourth-order valence-electron chi connectivity index (χ4n) is 3.86. The van der Waals surface area contributed by atoms with E-state index in [1.54, 1.807) is 24.3 Å². The van der Waals surface area contributed by atoms with Crippen LogP contribution in [-0.2, 0) is 6.54 Å². The Morgan fingerprint density at radius 3 is 2.09 bits per heavy atom. The van der Waals surface area contributed by atoms with Crippen molar-refractivity contribution in [2.75, 3.05) is 13.1 Å². The fourth-order valence-corrected chi connectivity index (χ4v) is 3.86. The normalized spacial score (nSPS) is 14.5. The van der Waals surface area contributed by atoms with Crippen molar-refractivity contribution in [2.24, 2.45) is 0 Å². The molecule has 1 fully saturated rings. The third-order valence-corrected chi connectivity index (χ3v) is 5.77. The molecular weight excluding hydrogens is 444 g/mol. The summed E-state index contributed by atoms with van der Waals surface area (Å²) in [4.78, 5) is 24.8. The smallest absolute Gasteiger partial charge is 0.269 e. The van der Waals surface area contributed by atoms with Crippen molar-refractivity contribution in [1.82, 2.24) is 10.2 Å². The number of benzene rings is 3. The summed E-state index contributed by atoms with van der Waals surface area (Å²) in [5.41, 5.74) is 0.525. The Balaban J connectivity index is 1.27. The largest absolute Gasteiger partial charge is 0.457 e. The Kier molecular flexibility index (Phi) is 7.12. The zero-order valence-electron chi connectivity index (χ0n) is 18.2. The number of carbonyl (C=O) groups is 1. The molecule has 0 saturated carbocycles. The molecule has 3 aromatic carbocycles. The van der Waals surface area contributed by atoms with E-state index < -0.39 is 16.6 Å². The number of amides is 1. The zero-order valence-corrected chi connectivity index (χ0v) is 18.2. The van der Waals surface area contributed by atoms with E-state index >= 15 is 0 Å². The van der Waals surface area contributed by atoms with E-state index in [9.17, 15) is 23.7 Å². The molecule has 9 heteroatoms. The summed E-state index contributed by atoms with van der Waals surface area (Å²) < 4.78 is 33.4. The lowest BCUT2D eigenvalue weighted by molar-refractivity contribution is -0.384. The van der Waals surface area contributed by atoms with Crippen molar-refractivity contribution in [3.8, 4) is 11.5 Å². The van der Waals surface area contributed by atoms with Crippen LogP contribution >= 0.6 is 0 Å². The van der Waals surface area contributed by atoms with Crippen molar-refractivity contribution < 1.29 is 23.2 Å². The minimum absolute atomic E-state index is 0.0229. The van der Waals surface area contributed by atoms with Gasteiger partial charge in [-0.15, -0.1) is 0 Å². The van der Waals surface area contributed by atoms with Gasteiger partial charge in [-0.2, -0.15) is 0 Å². The van der Waals surface area contributed by atoms with Crippen LogP contribution in [0.15, 0.2) is 66.7 Å². The van der Waals surface area contributed by atoms with Gasteiger partial charge >= 0.3 is 0 Å². The number of nitro benzene ring substituents is 1. The van der Waals surface area contributed by atoms with Gasteiger partial charge in [0.25, 0.3) is 11.6 Å². The lowest BCUT2D eigenvalue weighted by Gasteiger charge is -2.32. The van der Waals surface area contributed by atoms with Crippen LogP contribution in [0.4, 0.5) is 14.5 Å². The second-order valence-electron chi connectivity index (χ2n) is 8.10. The highest BCUT2D eigenvalue weighted by atomic mass is 19.1. The number of halogens is 2. The van der Waals surface area contributed by atoms with E-state index in [0.717, 1.165) is 0 Å². The van der Waals surface area contributed by atoms with Gasteiger partial charge in [-0.3, -0.25) is 19.8 Å². The van der Waals surface area contributed by atoms with E-state index in [-0.39, 0.29) is 29.7 Å². The van der Waals surface area contributed by atoms with E-state index in [1.807, 2.05) is 4.90 Å². The van der Waals surface area contributed by atoms with Crippen LogP contribution in [0.25, 0.3) is 0 Å². The zero-order chi connectivity index (χ0) is 24.1. The Labute approximate surface area is 195 Å². The molecule has 0 bridgehead atoms. The Morgan fingerprint density at radius 1 is 0.971 bits per heavy atom. The molecule has 7 nitrogen and oxygen atoms in total. The molecule has 34 heavy (non-hydrogen) atoms. The molecule has 0 atom stereocenters. The number of ether oxygens (including phenoxy) is 1. The number of nitro groups is 1. The Bertz CT molecular complexity index is 1140. The third-order valence-electron chi connectivity index (χ3n) is 5.77. The average Bonchev–Trinajstić information content (AvgIpc) is 2.83. The van der Waals surface area contributed by atoms with Gasteiger partial charge in [-0.1, -0.05) is 6.07 Å². The molecule has 0 aliphatic carbocycles. The molecule has 1 heterocycles. The van der Waals surface area contributed by atoms with Crippen molar-refractivity contribution in [3.63, 3.8) is 0 Å². The molecule has 1 N–H and O–H groups in total. The Morgan fingerprint density at radius 2 is 1.53 bits per heavy atom. The van der Waals surface area contributed by atoms with Crippen molar-refractivity contribution in [2.45, 2.75) is 25.4 Å². The van der Waals surface area contributed by atoms with Crippen LogP contribution in [0, 0.1) is 21.7 Å². The third kappa shape index (κ3) is 5.74. The molecule has 1 aliphatic rings. The maximum absolute atomic E-state index is 13.9. The number of nitrogens with zero attached hydrogens (tertiary/aromatic N) is 2. The number of non-ortho nitro benzene ring substituents is 1. The van der Waals surface area contributed by atoms with Crippen molar-refractivity contribution >= 4 is 11.6 Å². The number of hydrogen-bond acceptors (Lipinski definition) is 5. The minimum atomic E-state index is -0.545. The predicted octanol–water partition coefficient (Wildman–Crippen LogP) is 5.06. The SMILES string of the molecule is O=C(NC1CCN(Cc2c(F)cccc2F)CC1)c1ccc(Oc2ccc([N+](=O)[O-])cc2)cc1. The van der Waals surface area contributed by atoms with Crippen LogP contribution in [0.5, 0.6) is 11.5 Å². The van der Waals surface area contributed by atoms with Gasteiger partial charge in [0.15, 0.2) is 0 Å². The molecule has 4 rings (SSSR count). The molecule has 1 saturated heterocycles. The summed E-state index contributed by atoms with van der Waals surface area (Å²) in [6, 6.07) is 16.2. The van der Waals surface area contributed by atoms with Gasteiger partial charge in [-0.25, -0.2) is 8.78 Å². The quantitative estimate of drug-likeness (QED) is 0.388. The van der Waals surface area contributed by atoms with Gasteiger partial charge in [0, 0.05) is 48.9 Å². The number of rotatable bonds is 7. The highest BCUT2D eigenvalue weighted by molar-refractivity contribution is 5.94. The number of likely N-dealkylation sites (tertiary alicyclic amines) is 1. The monoisotopic (exact) mass is 467 g/mol. The van der Waals surface area contributed by atoms with Gasteiger partial charge < -0.3 is 10.1 Å². The lowest BCUT2D eigenvalue weighted by Crippen LogP contribution is -2.44. The number of carbonyl (C=O) groups excluding carboxylic acids is 1. The summed E-state index contributed by atoms with van der Waals surface area (Å²) in [6.07, 6.45) is 1.37. The molecule has 3 aromatic rings. The van der Waals surface area contributed by atoms with E-state index in [1.165, 1.54) is 42.5 Å². The van der Waals surface area contributed by atoms with Gasteiger partial charge in [-0.05, 0) is 61.4 Å². The van der Waals surface area contributed by atoms with Crippen LogP contribution in [0.3, 0.4) is 0 Å². The number of nitrogens with one attached hydrogen (secondary N) is 1. The summed E-state index contributed by atoms with van der Waals surface area (Å²) in [6.45, 7) is 1.46. The van der Waals surface area contributed by atoms with Gasteiger partial charge in [0.05, 0.1) is 4.92 Å². The highest BCUT2D eigenvalue weighted by Gasteiger charge is 2.23. The van der Waals surface area contributed by atoms with Crippen LogP contribution in [0.1, 0.15) is 28.8 Å². The molecule has 0 spiro atoms. The molecule has 176 valence electrons. The van der Waals surface area contributed by atoms with Gasteiger partial charge in [0.1, 0.15) is 23.1 Å². The molecular formula is C25H23F2N3O4. The first-order valence-corrected chi connectivity index (χ1v) is 10.9. The highest BCUT2D eigenvalue weighted by Crippen LogP contribution is 2.24. The summed E-state index contributed by atoms with van der Waals surface area (Å²) >= 11 is 0. The molecule has 0 radical (unpaired) electrons. The predicted molar refractivity (Wildman–Crippen MR) is 122 cm³/mol. The lowest BCUT2D eigenvalue weighted by atomic mass is 10.0. The molecule has 0 aromatic heterocycles. The van der Waals surface area contributed by atoms with Crippen LogP contribution in [0.2, 0.25) is 0 Å². The second-order valence-corrected chi connectivity index (χ2v) is 8.10. The Hall–Kier alpha value is -3.85. The standard InChI is InChI=1S/C25H23F2N3O4/c26-23-2-1-3-24(27)22(23)16-29-14-12-18(13-15-29)28-25(31)17-4-8-20(9-5-17)34-21-10-6-19(7-11-21)30(32)33/h1-11,18H,12-16H2,(H,28,31). The maximum atomic E-state index is 13.9. The summed E-state index contributed by atoms with van der Waals surface area (Å²) in [7, 11) is 0. The van der Waals surface area contributed by atoms with E-state index in [0.29, 0.717) is 43.0 Å². The molecule has 0 unspecified atom stereocenters. The van der Waals surface area contributed by atoms with Crippen LogP contribution < -0.4 is 10.1 Å². The second kappa shape index (κ2) is 10.4. The fraction of sp³-hybridized carbons (Fsp3) is 0.240. The van der Waals surface area contributed by atoms with Crippen molar-refractivity contribution in [1.29, 1.82) is 0 Å². The van der Waals surface area contributed by atoms with E-state index in [4.69, 9.17) is 4.74 Å². The topological polar surface area (TPSA) is 84.7 Å².